The van der Waals surface area contributed by atoms with Gasteiger partial charge in [-0.3, -0.25) is 9.59 Å². The minimum atomic E-state index is -1.36. The number of Topliss-reactive ketones (excluding diaryl/α,β-unsaturated/α-hetero) is 1. The number of fused-ring (bicyclic) bond motifs is 1. The fraction of sp³-hybridized carbons (Fsp3) is 0.211. The normalized spacial score (nSPS) is 18.9. The molecule has 6 heteroatoms. The number of anilines is 1. The zero-order valence-corrected chi connectivity index (χ0v) is 14.5. The Balaban J connectivity index is 1.86. The van der Waals surface area contributed by atoms with Crippen molar-refractivity contribution in [2.45, 2.75) is 25.9 Å². The molecule has 0 aliphatic carbocycles. The predicted molar refractivity (Wildman–Crippen MR) is 94.1 cm³/mol. The van der Waals surface area contributed by atoms with Gasteiger partial charge in [-0.05, 0) is 49.7 Å². The topological polar surface area (TPSA) is 72.5 Å². The Labute approximate surface area is 149 Å². The first-order valence-electron chi connectivity index (χ1n) is 7.73. The Hall–Kier alpha value is -2.66. The van der Waals surface area contributed by atoms with E-state index in [-0.39, 0.29) is 12.2 Å². The molecule has 25 heavy (non-hydrogen) atoms. The van der Waals surface area contributed by atoms with Gasteiger partial charge in [0.2, 0.25) is 0 Å². The minimum absolute atomic E-state index is 0.102. The lowest BCUT2D eigenvalue weighted by molar-refractivity contribution is -0.134. The van der Waals surface area contributed by atoms with Crippen LogP contribution in [0.1, 0.15) is 40.1 Å². The second-order valence-electron chi connectivity index (χ2n) is 6.19. The van der Waals surface area contributed by atoms with Crippen LogP contribution < -0.4 is 5.32 Å². The van der Waals surface area contributed by atoms with E-state index in [0.717, 1.165) is 0 Å². The Morgan fingerprint density at radius 2 is 1.96 bits per heavy atom. The van der Waals surface area contributed by atoms with Crippen LogP contribution in [-0.2, 0) is 16.0 Å². The first-order chi connectivity index (χ1) is 11.8. The van der Waals surface area contributed by atoms with Crippen LogP contribution in [-0.4, -0.2) is 23.3 Å². The number of cyclic esters (lactones) is 1. The fourth-order valence-corrected chi connectivity index (χ4v) is 2.97. The number of nitrogens with one attached hydrogen (secondary N) is 1. The highest BCUT2D eigenvalue weighted by Gasteiger charge is 2.42. The lowest BCUT2D eigenvalue weighted by Gasteiger charge is -2.33. The third-order valence-electron chi connectivity index (χ3n) is 4.14. The van der Waals surface area contributed by atoms with Crippen LogP contribution in [0.5, 0.6) is 0 Å². The lowest BCUT2D eigenvalue weighted by atomic mass is 9.89. The van der Waals surface area contributed by atoms with Crippen molar-refractivity contribution >= 4 is 34.9 Å². The standard InChI is InChI=1S/C19H16ClNO4/c1-11(22)12-4-3-5-15(9-12)21-18(24)19(2)10-13-8-14(20)6-7-16(13)17(23)25-19/h3-9H,10H2,1-2H3,(H,21,24). The number of ketones is 1. The average molecular weight is 358 g/mol. The number of rotatable bonds is 3. The number of ether oxygens (including phenoxy) is 1. The summed E-state index contributed by atoms with van der Waals surface area (Å²) in [4.78, 5) is 36.4. The quantitative estimate of drug-likeness (QED) is 0.672. The molecular formula is C19H16ClNO4. The summed E-state index contributed by atoms with van der Waals surface area (Å²) in [7, 11) is 0. The minimum Gasteiger partial charge on any atom is -0.445 e. The summed E-state index contributed by atoms with van der Waals surface area (Å²) in [5.41, 5.74) is 0.667. The molecule has 2 aromatic rings. The number of hydrogen-bond donors (Lipinski definition) is 1. The molecular weight excluding hydrogens is 342 g/mol. The van der Waals surface area contributed by atoms with Crippen molar-refractivity contribution in [2.75, 3.05) is 5.32 Å². The largest absolute Gasteiger partial charge is 0.445 e. The lowest BCUT2D eigenvalue weighted by Crippen LogP contribution is -2.48. The number of hydrogen-bond acceptors (Lipinski definition) is 4. The SMILES string of the molecule is CC(=O)c1cccc(NC(=O)C2(C)Cc3cc(Cl)ccc3C(=O)O2)c1. The van der Waals surface area contributed by atoms with Crippen molar-refractivity contribution < 1.29 is 19.1 Å². The van der Waals surface area contributed by atoms with E-state index >= 15 is 0 Å². The number of carbonyl (C=O) groups is 3. The molecule has 128 valence electrons. The second-order valence-corrected chi connectivity index (χ2v) is 6.63. The molecule has 0 saturated carbocycles. The highest BCUT2D eigenvalue weighted by atomic mass is 35.5. The number of carbonyl (C=O) groups excluding carboxylic acids is 3. The summed E-state index contributed by atoms with van der Waals surface area (Å²) in [6.45, 7) is 3.00. The van der Waals surface area contributed by atoms with Crippen LogP contribution in [0.4, 0.5) is 5.69 Å². The third kappa shape index (κ3) is 3.42. The Morgan fingerprint density at radius 3 is 2.68 bits per heavy atom. The molecule has 0 spiro atoms. The average Bonchev–Trinajstić information content (AvgIpc) is 2.54. The maximum Gasteiger partial charge on any atom is 0.339 e. The second kappa shape index (κ2) is 6.33. The van der Waals surface area contributed by atoms with E-state index in [9.17, 15) is 14.4 Å². The zero-order valence-electron chi connectivity index (χ0n) is 13.8. The van der Waals surface area contributed by atoms with Gasteiger partial charge in [0.05, 0.1) is 5.56 Å². The van der Waals surface area contributed by atoms with Gasteiger partial charge < -0.3 is 10.1 Å². The van der Waals surface area contributed by atoms with Crippen LogP contribution in [0.2, 0.25) is 5.02 Å². The molecule has 0 saturated heterocycles. The molecule has 1 aliphatic heterocycles. The Morgan fingerprint density at radius 1 is 1.20 bits per heavy atom. The Kier molecular flexibility index (Phi) is 4.35. The van der Waals surface area contributed by atoms with Crippen LogP contribution in [0.25, 0.3) is 0 Å². The molecule has 3 rings (SSSR count). The van der Waals surface area contributed by atoms with E-state index in [1.165, 1.54) is 6.92 Å². The first kappa shape index (κ1) is 17.2. The molecule has 0 fully saturated rings. The van der Waals surface area contributed by atoms with Crippen LogP contribution in [0.3, 0.4) is 0 Å². The molecule has 1 N–H and O–H groups in total. The third-order valence-corrected chi connectivity index (χ3v) is 4.38. The zero-order chi connectivity index (χ0) is 18.2. The molecule has 2 aromatic carbocycles. The van der Waals surface area contributed by atoms with Gasteiger partial charge >= 0.3 is 5.97 Å². The summed E-state index contributed by atoms with van der Waals surface area (Å²) in [5.74, 6) is -1.13. The van der Waals surface area contributed by atoms with Crippen LogP contribution >= 0.6 is 11.6 Å². The molecule has 1 unspecified atom stereocenters. The highest BCUT2D eigenvalue weighted by Crippen LogP contribution is 2.31. The molecule has 0 aromatic heterocycles. The number of amides is 1. The van der Waals surface area contributed by atoms with Gasteiger partial charge in [-0.25, -0.2) is 4.79 Å². The van der Waals surface area contributed by atoms with Gasteiger partial charge in [0.25, 0.3) is 5.91 Å². The van der Waals surface area contributed by atoms with Crippen molar-refractivity contribution in [1.29, 1.82) is 0 Å². The maximum absolute atomic E-state index is 12.7. The Bertz CT molecular complexity index is 893. The van der Waals surface area contributed by atoms with E-state index in [0.29, 0.717) is 27.4 Å². The van der Waals surface area contributed by atoms with Crippen molar-refractivity contribution in [3.63, 3.8) is 0 Å². The fourth-order valence-electron chi connectivity index (χ4n) is 2.77. The number of esters is 1. The maximum atomic E-state index is 12.7. The van der Waals surface area contributed by atoms with Gasteiger partial charge in [0.15, 0.2) is 11.4 Å². The van der Waals surface area contributed by atoms with E-state index in [1.54, 1.807) is 49.4 Å². The van der Waals surface area contributed by atoms with Gasteiger partial charge in [-0.2, -0.15) is 0 Å². The van der Waals surface area contributed by atoms with Crippen LogP contribution in [0.15, 0.2) is 42.5 Å². The number of halogens is 1. The molecule has 1 heterocycles. The van der Waals surface area contributed by atoms with E-state index in [4.69, 9.17) is 16.3 Å². The van der Waals surface area contributed by atoms with E-state index in [2.05, 4.69) is 5.32 Å². The molecule has 1 aliphatic rings. The molecule has 1 amide bonds. The van der Waals surface area contributed by atoms with E-state index in [1.807, 2.05) is 0 Å². The summed E-state index contributed by atoms with van der Waals surface area (Å²) < 4.78 is 5.39. The van der Waals surface area contributed by atoms with Gasteiger partial charge in [-0.15, -0.1) is 0 Å². The van der Waals surface area contributed by atoms with Gasteiger partial charge in [0, 0.05) is 22.7 Å². The van der Waals surface area contributed by atoms with Crippen molar-refractivity contribution in [2.24, 2.45) is 0 Å². The van der Waals surface area contributed by atoms with Gasteiger partial charge in [-0.1, -0.05) is 23.7 Å². The monoisotopic (exact) mass is 357 g/mol. The molecule has 1 atom stereocenters. The molecule has 0 bridgehead atoms. The van der Waals surface area contributed by atoms with E-state index < -0.39 is 17.5 Å². The summed E-state index contributed by atoms with van der Waals surface area (Å²) in [6, 6.07) is 11.5. The summed E-state index contributed by atoms with van der Waals surface area (Å²) in [6.07, 6.45) is 0.215. The van der Waals surface area contributed by atoms with Crippen molar-refractivity contribution in [3.8, 4) is 0 Å². The smallest absolute Gasteiger partial charge is 0.339 e. The van der Waals surface area contributed by atoms with Crippen LogP contribution in [0, 0.1) is 0 Å². The number of benzene rings is 2. The first-order valence-corrected chi connectivity index (χ1v) is 8.10. The molecule has 5 nitrogen and oxygen atoms in total. The molecule has 0 radical (unpaired) electrons. The predicted octanol–water partition coefficient (Wildman–Crippen LogP) is 3.65. The van der Waals surface area contributed by atoms with Crippen molar-refractivity contribution in [1.82, 2.24) is 0 Å². The summed E-state index contributed by atoms with van der Waals surface area (Å²) in [5, 5.41) is 3.20. The van der Waals surface area contributed by atoms with Gasteiger partial charge in [0.1, 0.15) is 0 Å². The van der Waals surface area contributed by atoms with Crippen molar-refractivity contribution in [3.05, 3.63) is 64.2 Å². The highest BCUT2D eigenvalue weighted by molar-refractivity contribution is 6.30. The summed E-state index contributed by atoms with van der Waals surface area (Å²) >= 11 is 5.99.